The van der Waals surface area contributed by atoms with E-state index in [4.69, 9.17) is 0 Å². The summed E-state index contributed by atoms with van der Waals surface area (Å²) in [4.78, 5) is 33.1. The van der Waals surface area contributed by atoms with Gasteiger partial charge in [-0.15, -0.1) is 11.3 Å². The van der Waals surface area contributed by atoms with Crippen molar-refractivity contribution in [3.05, 3.63) is 16.1 Å². The van der Waals surface area contributed by atoms with Gasteiger partial charge in [0.1, 0.15) is 6.04 Å². The number of carbonyl (C=O) groups excluding carboxylic acids is 2. The molecule has 0 spiro atoms. The summed E-state index contributed by atoms with van der Waals surface area (Å²) >= 11 is 1.65. The Morgan fingerprint density at radius 3 is 2.86 bits per heavy atom. The Morgan fingerprint density at radius 2 is 2.24 bits per heavy atom. The van der Waals surface area contributed by atoms with Crippen molar-refractivity contribution >= 4 is 23.2 Å². The zero-order valence-electron chi connectivity index (χ0n) is 12.8. The van der Waals surface area contributed by atoms with Gasteiger partial charge in [-0.2, -0.15) is 0 Å². The molecule has 116 valence electrons. The third kappa shape index (κ3) is 4.25. The minimum absolute atomic E-state index is 0.0428. The van der Waals surface area contributed by atoms with Gasteiger partial charge in [0.15, 0.2) is 0 Å². The highest BCUT2D eigenvalue weighted by atomic mass is 32.1. The molecule has 1 aromatic heterocycles. The minimum Gasteiger partial charge on any atom is -0.354 e. The van der Waals surface area contributed by atoms with E-state index < -0.39 is 0 Å². The maximum absolute atomic E-state index is 12.3. The minimum atomic E-state index is -0.390. The van der Waals surface area contributed by atoms with Crippen LogP contribution in [0.4, 0.5) is 0 Å². The molecule has 1 N–H and O–H groups in total. The van der Waals surface area contributed by atoms with Crippen molar-refractivity contribution in [3.63, 3.8) is 0 Å². The van der Waals surface area contributed by atoms with E-state index in [9.17, 15) is 9.59 Å². The van der Waals surface area contributed by atoms with Crippen LogP contribution in [0.2, 0.25) is 0 Å². The first-order valence-corrected chi connectivity index (χ1v) is 7.94. The van der Waals surface area contributed by atoms with Gasteiger partial charge in [0.2, 0.25) is 11.8 Å². The molecule has 0 aromatic carbocycles. The second-order valence-corrected chi connectivity index (χ2v) is 6.72. The summed E-state index contributed by atoms with van der Waals surface area (Å²) in [5, 5.41) is 3.95. The van der Waals surface area contributed by atoms with Crippen molar-refractivity contribution in [2.45, 2.75) is 26.3 Å². The Morgan fingerprint density at radius 1 is 1.48 bits per heavy atom. The van der Waals surface area contributed by atoms with E-state index in [0.29, 0.717) is 19.6 Å². The monoisotopic (exact) mass is 310 g/mol. The molecule has 1 aliphatic rings. The zero-order chi connectivity index (χ0) is 15.4. The lowest BCUT2D eigenvalue weighted by Crippen LogP contribution is -2.59. The lowest BCUT2D eigenvalue weighted by Gasteiger charge is -2.38. The topological polar surface area (TPSA) is 65.5 Å². The van der Waals surface area contributed by atoms with Crippen LogP contribution in [0.25, 0.3) is 0 Å². The van der Waals surface area contributed by atoms with Crippen LogP contribution in [0.15, 0.2) is 6.20 Å². The number of piperazine rings is 1. The number of thiazole rings is 1. The second-order valence-electron chi connectivity index (χ2n) is 5.40. The summed E-state index contributed by atoms with van der Waals surface area (Å²) in [5.74, 6) is -0.121. The van der Waals surface area contributed by atoms with Gasteiger partial charge in [-0.1, -0.05) is 0 Å². The standard InChI is InChI=1S/C14H22N4O2S/c1-10-8-16-13(21-10)4-5-15-14(20)12-9-17(3)6-7-18(12)11(2)19/h8,12H,4-7,9H2,1-3H3,(H,15,20). The highest BCUT2D eigenvalue weighted by Gasteiger charge is 2.32. The molecule has 0 aliphatic carbocycles. The summed E-state index contributed by atoms with van der Waals surface area (Å²) in [5.41, 5.74) is 0. The number of rotatable bonds is 4. The molecule has 0 saturated carbocycles. The van der Waals surface area contributed by atoms with Crippen LogP contribution >= 0.6 is 11.3 Å². The Hall–Kier alpha value is -1.47. The van der Waals surface area contributed by atoms with Crippen LogP contribution in [0, 0.1) is 6.92 Å². The Bertz CT molecular complexity index is 517. The normalized spacial score (nSPS) is 19.6. The molecule has 1 fully saturated rings. The molecular weight excluding hydrogens is 288 g/mol. The number of nitrogens with zero attached hydrogens (tertiary/aromatic N) is 3. The average molecular weight is 310 g/mol. The number of aryl methyl sites for hydroxylation is 1. The second kappa shape index (κ2) is 7.00. The quantitative estimate of drug-likeness (QED) is 0.867. The maximum Gasteiger partial charge on any atom is 0.244 e. The van der Waals surface area contributed by atoms with Gasteiger partial charge in [-0.3, -0.25) is 9.59 Å². The van der Waals surface area contributed by atoms with Gasteiger partial charge in [-0.25, -0.2) is 4.98 Å². The Kier molecular flexibility index (Phi) is 5.30. The highest BCUT2D eigenvalue weighted by Crippen LogP contribution is 2.12. The SMILES string of the molecule is CC(=O)N1CCN(C)CC1C(=O)NCCc1ncc(C)s1. The first-order valence-electron chi connectivity index (χ1n) is 7.12. The molecule has 1 saturated heterocycles. The van der Waals surface area contributed by atoms with Crippen LogP contribution in [0.1, 0.15) is 16.8 Å². The summed E-state index contributed by atoms with van der Waals surface area (Å²) in [7, 11) is 1.97. The molecule has 2 rings (SSSR count). The lowest BCUT2D eigenvalue weighted by atomic mass is 10.1. The van der Waals surface area contributed by atoms with E-state index in [1.807, 2.05) is 20.2 Å². The van der Waals surface area contributed by atoms with E-state index in [2.05, 4.69) is 15.2 Å². The summed E-state index contributed by atoms with van der Waals surface area (Å²) < 4.78 is 0. The van der Waals surface area contributed by atoms with E-state index in [-0.39, 0.29) is 17.9 Å². The average Bonchev–Trinajstić information content (AvgIpc) is 2.84. The van der Waals surface area contributed by atoms with Crippen LogP contribution in [0.3, 0.4) is 0 Å². The number of nitrogens with one attached hydrogen (secondary N) is 1. The molecule has 7 heteroatoms. The summed E-state index contributed by atoms with van der Waals surface area (Å²) in [6.07, 6.45) is 2.57. The molecule has 0 radical (unpaired) electrons. The predicted octanol–water partition coefficient (Wildman–Crippen LogP) is 0.273. The van der Waals surface area contributed by atoms with Crippen LogP contribution in [-0.4, -0.2) is 65.9 Å². The number of amides is 2. The largest absolute Gasteiger partial charge is 0.354 e. The van der Waals surface area contributed by atoms with E-state index in [1.54, 1.807) is 16.2 Å². The van der Waals surface area contributed by atoms with Crippen molar-refractivity contribution in [1.82, 2.24) is 20.1 Å². The molecule has 6 nitrogen and oxygen atoms in total. The first-order chi connectivity index (χ1) is 9.97. The van der Waals surface area contributed by atoms with E-state index in [0.717, 1.165) is 18.0 Å². The van der Waals surface area contributed by atoms with Gasteiger partial charge < -0.3 is 15.1 Å². The molecule has 2 amide bonds. The molecule has 1 unspecified atom stereocenters. The Labute approximate surface area is 129 Å². The van der Waals surface area contributed by atoms with Crippen LogP contribution in [-0.2, 0) is 16.0 Å². The summed E-state index contributed by atoms with van der Waals surface area (Å²) in [6.45, 7) is 6.09. The van der Waals surface area contributed by atoms with Crippen molar-refractivity contribution in [2.24, 2.45) is 0 Å². The van der Waals surface area contributed by atoms with Gasteiger partial charge >= 0.3 is 0 Å². The van der Waals surface area contributed by atoms with Gasteiger partial charge in [0.05, 0.1) is 5.01 Å². The fourth-order valence-corrected chi connectivity index (χ4v) is 3.23. The molecule has 2 heterocycles. The smallest absolute Gasteiger partial charge is 0.244 e. The third-order valence-electron chi connectivity index (χ3n) is 3.60. The number of carbonyl (C=O) groups is 2. The molecule has 1 aliphatic heterocycles. The maximum atomic E-state index is 12.3. The first kappa shape index (κ1) is 15.9. The number of aromatic nitrogens is 1. The number of likely N-dealkylation sites (N-methyl/N-ethyl adjacent to an activating group) is 1. The zero-order valence-corrected chi connectivity index (χ0v) is 13.6. The van der Waals surface area contributed by atoms with Gasteiger partial charge in [0, 0.05) is 50.6 Å². The Balaban J connectivity index is 1.86. The molecule has 1 atom stereocenters. The molecule has 21 heavy (non-hydrogen) atoms. The molecule has 0 bridgehead atoms. The van der Waals surface area contributed by atoms with Crippen molar-refractivity contribution in [3.8, 4) is 0 Å². The highest BCUT2D eigenvalue weighted by molar-refractivity contribution is 7.11. The fourth-order valence-electron chi connectivity index (χ4n) is 2.45. The van der Waals surface area contributed by atoms with E-state index in [1.165, 1.54) is 11.8 Å². The number of hydrogen-bond acceptors (Lipinski definition) is 5. The van der Waals surface area contributed by atoms with E-state index >= 15 is 0 Å². The number of hydrogen-bond donors (Lipinski definition) is 1. The van der Waals surface area contributed by atoms with Crippen molar-refractivity contribution in [1.29, 1.82) is 0 Å². The van der Waals surface area contributed by atoms with Gasteiger partial charge in [-0.05, 0) is 14.0 Å². The summed E-state index contributed by atoms with van der Waals surface area (Å²) in [6, 6.07) is -0.390. The van der Waals surface area contributed by atoms with Crippen LogP contribution in [0.5, 0.6) is 0 Å². The predicted molar refractivity (Wildman–Crippen MR) is 82.2 cm³/mol. The molecule has 1 aromatic rings. The van der Waals surface area contributed by atoms with Gasteiger partial charge in [0.25, 0.3) is 0 Å². The fraction of sp³-hybridized carbons (Fsp3) is 0.643. The lowest BCUT2D eigenvalue weighted by molar-refractivity contribution is -0.142. The van der Waals surface area contributed by atoms with Crippen LogP contribution < -0.4 is 5.32 Å². The van der Waals surface area contributed by atoms with Crippen molar-refractivity contribution < 1.29 is 9.59 Å². The van der Waals surface area contributed by atoms with Crippen molar-refractivity contribution in [2.75, 3.05) is 33.2 Å². The third-order valence-corrected chi connectivity index (χ3v) is 4.57. The molecular formula is C14H22N4O2S.